The molecular formula is C16H32OS2. The van der Waals surface area contributed by atoms with Gasteiger partial charge in [0.2, 0.25) is 0 Å². The Balaban J connectivity index is 3.23. The number of ketones is 1. The first-order valence-electron chi connectivity index (χ1n) is 7.72. The molecular weight excluding hydrogens is 272 g/mol. The molecule has 1 nitrogen and oxygen atoms in total. The van der Waals surface area contributed by atoms with Gasteiger partial charge in [-0.15, -0.1) is 0 Å². The Bertz CT molecular complexity index is 221. The second kappa shape index (κ2) is 12.1. The number of rotatable bonds is 12. The average molecular weight is 305 g/mol. The lowest BCUT2D eigenvalue weighted by Crippen LogP contribution is -2.08. The number of Topliss-reactive ketones (excluding diaryl/α,β-unsaturated/α-hetero) is 1. The molecule has 3 heteroatoms. The molecule has 0 fully saturated rings. The maximum atomic E-state index is 11.7. The molecule has 0 aliphatic carbocycles. The normalized spacial score (nSPS) is 11.8. The molecule has 0 saturated heterocycles. The van der Waals surface area contributed by atoms with Crippen LogP contribution in [0, 0.1) is 5.41 Å². The van der Waals surface area contributed by atoms with Crippen molar-refractivity contribution < 1.29 is 4.79 Å². The number of unbranched alkanes of at least 4 members (excludes halogenated alkanes) is 3. The van der Waals surface area contributed by atoms with Crippen molar-refractivity contribution in [3.63, 3.8) is 0 Å². The highest BCUT2D eigenvalue weighted by atomic mass is 33.1. The van der Waals surface area contributed by atoms with Gasteiger partial charge in [0, 0.05) is 24.3 Å². The quantitative estimate of drug-likeness (QED) is 0.319. The summed E-state index contributed by atoms with van der Waals surface area (Å²) < 4.78 is 0. The van der Waals surface area contributed by atoms with Crippen molar-refractivity contribution in [3.05, 3.63) is 0 Å². The highest BCUT2D eigenvalue weighted by Gasteiger charge is 2.12. The first kappa shape index (κ1) is 19.4. The SMILES string of the molecule is CCCCCCSSCCCC(=O)CCC(C)(C)C. The van der Waals surface area contributed by atoms with Crippen molar-refractivity contribution in [3.8, 4) is 0 Å². The molecule has 0 saturated carbocycles. The second-order valence-electron chi connectivity index (χ2n) is 6.41. The summed E-state index contributed by atoms with van der Waals surface area (Å²) in [5, 5.41) is 0. The molecule has 0 rings (SSSR count). The first-order valence-corrected chi connectivity index (χ1v) is 10.2. The third-order valence-corrected chi connectivity index (χ3v) is 5.58. The molecule has 0 aromatic rings. The molecule has 0 spiro atoms. The van der Waals surface area contributed by atoms with E-state index in [2.05, 4.69) is 27.7 Å². The molecule has 0 heterocycles. The van der Waals surface area contributed by atoms with Crippen molar-refractivity contribution in [2.24, 2.45) is 5.41 Å². The lowest BCUT2D eigenvalue weighted by atomic mass is 9.89. The van der Waals surface area contributed by atoms with E-state index in [9.17, 15) is 4.79 Å². The standard InChI is InChI=1S/C16H32OS2/c1-5-6-7-8-13-18-19-14-9-10-15(17)11-12-16(2,3)4/h5-14H2,1-4H3. The van der Waals surface area contributed by atoms with E-state index in [1.807, 2.05) is 21.6 Å². The molecule has 0 aliphatic rings. The molecule has 0 atom stereocenters. The Morgan fingerprint density at radius 3 is 2.11 bits per heavy atom. The molecule has 0 unspecified atom stereocenters. The van der Waals surface area contributed by atoms with E-state index in [1.54, 1.807) is 0 Å². The van der Waals surface area contributed by atoms with Gasteiger partial charge in [0.1, 0.15) is 5.78 Å². The van der Waals surface area contributed by atoms with Crippen LogP contribution in [-0.4, -0.2) is 17.3 Å². The van der Waals surface area contributed by atoms with Crippen molar-refractivity contribution >= 4 is 27.4 Å². The molecule has 0 aromatic carbocycles. The molecule has 0 amide bonds. The van der Waals surface area contributed by atoms with Gasteiger partial charge in [0.15, 0.2) is 0 Å². The van der Waals surface area contributed by atoms with Gasteiger partial charge in [-0.25, -0.2) is 0 Å². The fraction of sp³-hybridized carbons (Fsp3) is 0.938. The Morgan fingerprint density at radius 2 is 1.53 bits per heavy atom. The molecule has 0 aliphatic heterocycles. The molecule has 0 N–H and O–H groups in total. The minimum Gasteiger partial charge on any atom is -0.300 e. The summed E-state index contributed by atoms with van der Waals surface area (Å²) in [7, 11) is 3.92. The minimum atomic E-state index is 0.290. The Morgan fingerprint density at radius 1 is 0.895 bits per heavy atom. The van der Waals surface area contributed by atoms with Gasteiger partial charge >= 0.3 is 0 Å². The third kappa shape index (κ3) is 16.3. The summed E-state index contributed by atoms with van der Waals surface area (Å²) in [5.41, 5.74) is 0.290. The zero-order chi connectivity index (χ0) is 14.6. The van der Waals surface area contributed by atoms with Crippen LogP contribution in [0.15, 0.2) is 0 Å². The van der Waals surface area contributed by atoms with Crippen LogP contribution in [0.1, 0.15) is 79.1 Å². The number of hydrogen-bond acceptors (Lipinski definition) is 3. The number of carbonyl (C=O) groups excluding carboxylic acids is 1. The lowest BCUT2D eigenvalue weighted by molar-refractivity contribution is -0.119. The number of hydrogen-bond donors (Lipinski definition) is 0. The molecule has 0 radical (unpaired) electrons. The third-order valence-electron chi connectivity index (χ3n) is 3.00. The average Bonchev–Trinajstić information content (AvgIpc) is 2.33. The minimum absolute atomic E-state index is 0.290. The van der Waals surface area contributed by atoms with Crippen molar-refractivity contribution in [2.45, 2.75) is 79.1 Å². The smallest absolute Gasteiger partial charge is 0.132 e. The van der Waals surface area contributed by atoms with E-state index < -0.39 is 0 Å². The molecule has 114 valence electrons. The summed E-state index contributed by atoms with van der Waals surface area (Å²) in [4.78, 5) is 11.7. The van der Waals surface area contributed by atoms with Crippen molar-refractivity contribution in [1.82, 2.24) is 0 Å². The van der Waals surface area contributed by atoms with E-state index in [0.717, 1.165) is 31.4 Å². The second-order valence-corrected chi connectivity index (χ2v) is 9.11. The van der Waals surface area contributed by atoms with Crippen LogP contribution in [0.25, 0.3) is 0 Å². The summed E-state index contributed by atoms with van der Waals surface area (Å²) in [5.74, 6) is 2.84. The van der Waals surface area contributed by atoms with E-state index in [0.29, 0.717) is 11.2 Å². The van der Waals surface area contributed by atoms with E-state index in [-0.39, 0.29) is 0 Å². The van der Waals surface area contributed by atoms with E-state index in [1.165, 1.54) is 31.4 Å². The summed E-state index contributed by atoms with van der Waals surface area (Å²) >= 11 is 0. The fourth-order valence-corrected chi connectivity index (χ4v) is 3.91. The Labute approximate surface area is 128 Å². The van der Waals surface area contributed by atoms with Crippen LogP contribution in [0.4, 0.5) is 0 Å². The van der Waals surface area contributed by atoms with Gasteiger partial charge in [-0.1, -0.05) is 68.5 Å². The highest BCUT2D eigenvalue weighted by Crippen LogP contribution is 2.25. The van der Waals surface area contributed by atoms with Gasteiger partial charge in [0.25, 0.3) is 0 Å². The Kier molecular flexibility index (Phi) is 12.4. The summed E-state index contributed by atoms with van der Waals surface area (Å²) in [6.45, 7) is 8.85. The van der Waals surface area contributed by atoms with Gasteiger partial charge in [0.05, 0.1) is 0 Å². The van der Waals surface area contributed by atoms with Crippen LogP contribution >= 0.6 is 21.6 Å². The first-order chi connectivity index (χ1) is 8.95. The van der Waals surface area contributed by atoms with Crippen LogP contribution in [0.5, 0.6) is 0 Å². The van der Waals surface area contributed by atoms with Gasteiger partial charge < -0.3 is 0 Å². The van der Waals surface area contributed by atoms with Gasteiger partial charge in [-0.05, 0) is 24.7 Å². The van der Waals surface area contributed by atoms with Crippen LogP contribution < -0.4 is 0 Å². The van der Waals surface area contributed by atoms with Crippen LogP contribution in [0.3, 0.4) is 0 Å². The predicted octanol–water partition coefficient (Wildman–Crippen LogP) is 6.12. The van der Waals surface area contributed by atoms with E-state index >= 15 is 0 Å². The number of carbonyl (C=O) groups is 1. The maximum Gasteiger partial charge on any atom is 0.132 e. The fourth-order valence-electron chi connectivity index (χ4n) is 1.67. The monoisotopic (exact) mass is 304 g/mol. The lowest BCUT2D eigenvalue weighted by Gasteiger charge is -2.16. The highest BCUT2D eigenvalue weighted by molar-refractivity contribution is 8.76. The largest absolute Gasteiger partial charge is 0.300 e. The Hall–Kier alpha value is 0.370. The van der Waals surface area contributed by atoms with Crippen LogP contribution in [0.2, 0.25) is 0 Å². The van der Waals surface area contributed by atoms with Gasteiger partial charge in [-0.2, -0.15) is 0 Å². The summed E-state index contributed by atoms with van der Waals surface area (Å²) in [6, 6.07) is 0. The van der Waals surface area contributed by atoms with E-state index in [4.69, 9.17) is 0 Å². The topological polar surface area (TPSA) is 17.1 Å². The molecule has 19 heavy (non-hydrogen) atoms. The maximum absolute atomic E-state index is 11.7. The predicted molar refractivity (Wildman–Crippen MR) is 92.0 cm³/mol. The van der Waals surface area contributed by atoms with Gasteiger partial charge in [-0.3, -0.25) is 4.79 Å². The molecule has 0 bridgehead atoms. The van der Waals surface area contributed by atoms with Crippen molar-refractivity contribution in [1.29, 1.82) is 0 Å². The molecule has 0 aromatic heterocycles. The summed E-state index contributed by atoms with van der Waals surface area (Å²) in [6.07, 6.45) is 9.01. The van der Waals surface area contributed by atoms with Crippen LogP contribution in [-0.2, 0) is 4.79 Å². The van der Waals surface area contributed by atoms with Crippen molar-refractivity contribution in [2.75, 3.05) is 11.5 Å². The zero-order valence-corrected chi connectivity index (χ0v) is 14.9. The zero-order valence-electron chi connectivity index (χ0n) is 13.3.